The normalized spacial score (nSPS) is 9.93. The monoisotopic (exact) mass is 218 g/mol. The summed E-state index contributed by atoms with van der Waals surface area (Å²) in [5, 5.41) is 3.70. The van der Waals surface area contributed by atoms with Crippen molar-refractivity contribution >= 4 is 22.9 Å². The third-order valence-corrected chi connectivity index (χ3v) is 2.79. The molecule has 1 aromatic heterocycles. The van der Waals surface area contributed by atoms with E-state index in [1.54, 1.807) is 6.20 Å². The number of rotatable bonds is 2. The third-order valence-electron chi connectivity index (χ3n) is 1.88. The molecule has 0 saturated carbocycles. The molecule has 0 fully saturated rings. The second-order valence-electron chi connectivity index (χ2n) is 3.06. The van der Waals surface area contributed by atoms with Gasteiger partial charge in [0.25, 0.3) is 5.91 Å². The summed E-state index contributed by atoms with van der Waals surface area (Å²) in [4.78, 5) is 16.4. The van der Waals surface area contributed by atoms with E-state index in [9.17, 15) is 4.79 Å². The highest BCUT2D eigenvalue weighted by Crippen LogP contribution is 2.14. The topological polar surface area (TPSA) is 42.0 Å². The van der Waals surface area contributed by atoms with Gasteiger partial charge in [-0.05, 0) is 19.1 Å². The Kier molecular flexibility index (Phi) is 2.78. The first kappa shape index (κ1) is 9.86. The van der Waals surface area contributed by atoms with E-state index in [0.717, 1.165) is 10.7 Å². The number of thiazole rings is 1. The van der Waals surface area contributed by atoms with Crippen molar-refractivity contribution in [2.45, 2.75) is 6.92 Å². The van der Waals surface area contributed by atoms with Crippen LogP contribution in [0.25, 0.3) is 0 Å². The van der Waals surface area contributed by atoms with Gasteiger partial charge in [0.2, 0.25) is 0 Å². The number of carbonyl (C=O) groups excluding carboxylic acids is 1. The fourth-order valence-electron chi connectivity index (χ4n) is 1.18. The summed E-state index contributed by atoms with van der Waals surface area (Å²) >= 11 is 1.39. The Hall–Kier alpha value is -1.68. The molecule has 0 aliphatic rings. The maximum absolute atomic E-state index is 11.7. The number of nitrogens with zero attached hydrogens (tertiary/aromatic N) is 1. The van der Waals surface area contributed by atoms with Crippen LogP contribution in [0.15, 0.2) is 36.5 Å². The Morgan fingerprint density at radius 2 is 2.07 bits per heavy atom. The Balaban J connectivity index is 2.11. The van der Waals surface area contributed by atoms with Crippen molar-refractivity contribution in [2.75, 3.05) is 5.32 Å². The molecule has 2 rings (SSSR count). The minimum Gasteiger partial charge on any atom is -0.321 e. The van der Waals surface area contributed by atoms with Gasteiger partial charge in [0, 0.05) is 5.69 Å². The highest BCUT2D eigenvalue weighted by molar-refractivity contribution is 7.13. The highest BCUT2D eigenvalue weighted by atomic mass is 32.1. The number of aryl methyl sites for hydroxylation is 1. The molecule has 0 aliphatic heterocycles. The molecular formula is C11H10N2OS. The van der Waals surface area contributed by atoms with E-state index in [-0.39, 0.29) is 5.91 Å². The zero-order chi connectivity index (χ0) is 10.7. The third kappa shape index (κ3) is 2.41. The molecule has 3 nitrogen and oxygen atoms in total. The van der Waals surface area contributed by atoms with Crippen LogP contribution in [0.3, 0.4) is 0 Å². The zero-order valence-electron chi connectivity index (χ0n) is 8.23. The average molecular weight is 218 g/mol. The molecule has 0 bridgehead atoms. The average Bonchev–Trinajstić information content (AvgIpc) is 2.66. The predicted octanol–water partition coefficient (Wildman–Crippen LogP) is 2.70. The highest BCUT2D eigenvalue weighted by Gasteiger charge is 2.08. The van der Waals surface area contributed by atoms with Crippen molar-refractivity contribution in [3.8, 4) is 0 Å². The zero-order valence-corrected chi connectivity index (χ0v) is 9.04. The summed E-state index contributed by atoms with van der Waals surface area (Å²) in [6.07, 6.45) is 1.60. The van der Waals surface area contributed by atoms with Gasteiger partial charge in [-0.15, -0.1) is 11.3 Å². The maximum atomic E-state index is 11.7. The van der Waals surface area contributed by atoms with Gasteiger partial charge >= 0.3 is 0 Å². The van der Waals surface area contributed by atoms with E-state index in [0.29, 0.717) is 4.88 Å². The van der Waals surface area contributed by atoms with Gasteiger partial charge in [-0.2, -0.15) is 0 Å². The number of anilines is 1. The van der Waals surface area contributed by atoms with E-state index in [2.05, 4.69) is 10.3 Å². The first-order valence-electron chi connectivity index (χ1n) is 4.54. The van der Waals surface area contributed by atoms with E-state index < -0.39 is 0 Å². The summed E-state index contributed by atoms with van der Waals surface area (Å²) in [5.41, 5.74) is 0.800. The smallest absolute Gasteiger partial charge is 0.267 e. The van der Waals surface area contributed by atoms with E-state index in [1.807, 2.05) is 37.3 Å². The van der Waals surface area contributed by atoms with Gasteiger partial charge < -0.3 is 5.32 Å². The molecule has 0 unspecified atom stereocenters. The summed E-state index contributed by atoms with van der Waals surface area (Å²) in [6, 6.07) is 9.38. The van der Waals surface area contributed by atoms with Crippen molar-refractivity contribution in [3.63, 3.8) is 0 Å². The molecule has 2 aromatic rings. The molecular weight excluding hydrogens is 208 g/mol. The Labute approximate surface area is 91.8 Å². The lowest BCUT2D eigenvalue weighted by Crippen LogP contribution is -2.09. The number of aromatic nitrogens is 1. The predicted molar refractivity (Wildman–Crippen MR) is 61.2 cm³/mol. The van der Waals surface area contributed by atoms with Gasteiger partial charge in [0.05, 0.1) is 11.2 Å². The quantitative estimate of drug-likeness (QED) is 0.842. The Morgan fingerprint density at radius 3 is 2.67 bits per heavy atom. The van der Waals surface area contributed by atoms with Gasteiger partial charge in [-0.1, -0.05) is 18.2 Å². The molecule has 1 N–H and O–H groups in total. The van der Waals surface area contributed by atoms with Crippen molar-refractivity contribution in [2.24, 2.45) is 0 Å². The van der Waals surface area contributed by atoms with Gasteiger partial charge in [-0.3, -0.25) is 4.79 Å². The van der Waals surface area contributed by atoms with E-state index in [4.69, 9.17) is 0 Å². The van der Waals surface area contributed by atoms with Crippen molar-refractivity contribution in [1.82, 2.24) is 4.98 Å². The van der Waals surface area contributed by atoms with Crippen LogP contribution in [0.4, 0.5) is 5.69 Å². The van der Waals surface area contributed by atoms with E-state index >= 15 is 0 Å². The first-order chi connectivity index (χ1) is 7.25. The number of hydrogen-bond acceptors (Lipinski definition) is 3. The standard InChI is InChI=1S/C11H10N2OS/c1-8-12-7-10(15-8)11(14)13-9-5-3-2-4-6-9/h2-7H,1H3,(H,13,14). The number of para-hydroxylation sites is 1. The number of amides is 1. The number of nitrogens with one attached hydrogen (secondary N) is 1. The van der Waals surface area contributed by atoms with Crippen LogP contribution < -0.4 is 5.32 Å². The van der Waals surface area contributed by atoms with Crippen LogP contribution in [0.2, 0.25) is 0 Å². The Bertz CT molecular complexity index is 464. The van der Waals surface area contributed by atoms with Crippen LogP contribution in [0.1, 0.15) is 14.7 Å². The van der Waals surface area contributed by atoms with Crippen molar-refractivity contribution < 1.29 is 4.79 Å². The lowest BCUT2D eigenvalue weighted by Gasteiger charge is -2.01. The molecule has 0 atom stereocenters. The lowest BCUT2D eigenvalue weighted by atomic mass is 10.3. The largest absolute Gasteiger partial charge is 0.321 e. The van der Waals surface area contributed by atoms with E-state index in [1.165, 1.54) is 11.3 Å². The molecule has 15 heavy (non-hydrogen) atoms. The molecule has 0 aliphatic carbocycles. The molecule has 0 spiro atoms. The maximum Gasteiger partial charge on any atom is 0.267 e. The number of carbonyl (C=O) groups is 1. The number of benzene rings is 1. The van der Waals surface area contributed by atoms with Crippen molar-refractivity contribution in [3.05, 3.63) is 46.4 Å². The molecule has 1 aromatic carbocycles. The first-order valence-corrected chi connectivity index (χ1v) is 5.36. The molecule has 1 amide bonds. The fourth-order valence-corrected chi connectivity index (χ4v) is 1.85. The van der Waals surface area contributed by atoms with Crippen molar-refractivity contribution in [1.29, 1.82) is 0 Å². The second-order valence-corrected chi connectivity index (χ2v) is 4.30. The van der Waals surface area contributed by atoms with Crippen LogP contribution in [-0.4, -0.2) is 10.9 Å². The summed E-state index contributed by atoms with van der Waals surface area (Å²) in [7, 11) is 0. The lowest BCUT2D eigenvalue weighted by molar-refractivity contribution is 0.103. The summed E-state index contributed by atoms with van der Waals surface area (Å²) < 4.78 is 0. The molecule has 0 radical (unpaired) electrons. The fraction of sp³-hybridized carbons (Fsp3) is 0.0909. The number of hydrogen-bond donors (Lipinski definition) is 1. The molecule has 4 heteroatoms. The van der Waals surface area contributed by atoms with Crippen LogP contribution in [0, 0.1) is 6.92 Å². The van der Waals surface area contributed by atoms with Gasteiger partial charge in [0.15, 0.2) is 0 Å². The molecule has 1 heterocycles. The second kappa shape index (κ2) is 4.23. The minimum absolute atomic E-state index is 0.105. The molecule has 76 valence electrons. The Morgan fingerprint density at radius 1 is 1.33 bits per heavy atom. The minimum atomic E-state index is -0.105. The molecule has 0 saturated heterocycles. The summed E-state index contributed by atoms with van der Waals surface area (Å²) in [5.74, 6) is -0.105. The van der Waals surface area contributed by atoms with Gasteiger partial charge in [-0.25, -0.2) is 4.98 Å². The van der Waals surface area contributed by atoms with Crippen LogP contribution in [-0.2, 0) is 0 Å². The van der Waals surface area contributed by atoms with Crippen LogP contribution >= 0.6 is 11.3 Å². The summed E-state index contributed by atoms with van der Waals surface area (Å²) in [6.45, 7) is 1.88. The van der Waals surface area contributed by atoms with Crippen LogP contribution in [0.5, 0.6) is 0 Å². The van der Waals surface area contributed by atoms with Gasteiger partial charge in [0.1, 0.15) is 4.88 Å². The SMILES string of the molecule is Cc1ncc(C(=O)Nc2ccccc2)s1.